The summed E-state index contributed by atoms with van der Waals surface area (Å²) in [7, 11) is 0. The van der Waals surface area contributed by atoms with Gasteiger partial charge in [0.15, 0.2) is 23.0 Å². The van der Waals surface area contributed by atoms with Crippen LogP contribution >= 0.6 is 0 Å². The number of rotatable bonds is 8. The summed E-state index contributed by atoms with van der Waals surface area (Å²) in [5.74, 6) is 3.43. The summed E-state index contributed by atoms with van der Waals surface area (Å²) in [5, 5.41) is 6.62. The van der Waals surface area contributed by atoms with Crippen molar-refractivity contribution in [2.45, 2.75) is 153 Å². The Morgan fingerprint density at radius 2 is 0.521 bits per heavy atom. The van der Waals surface area contributed by atoms with Gasteiger partial charge in [0.25, 0.3) is 0 Å². The van der Waals surface area contributed by atoms with Gasteiger partial charge in [0.2, 0.25) is 0 Å². The van der Waals surface area contributed by atoms with Crippen molar-refractivity contribution in [1.82, 2.24) is 0 Å². The van der Waals surface area contributed by atoms with Gasteiger partial charge in [-0.25, -0.2) is 0 Å². The topological polar surface area (TPSA) is 89.0 Å². The molecular weight excluding hydrogens is 596 g/mol. The third kappa shape index (κ3) is 6.69. The first-order valence-electron chi connectivity index (χ1n) is 19.3. The van der Waals surface area contributed by atoms with E-state index < -0.39 is 0 Å². The average Bonchev–Trinajstić information content (AvgIpc) is 3.12. The molecule has 4 aromatic rings. The molecule has 256 valence electrons. The molecule has 0 unspecified atom stereocenters. The number of fused-ring (bicyclic) bond motifs is 6. The molecule has 0 saturated heterocycles. The van der Waals surface area contributed by atoms with Crippen LogP contribution < -0.4 is 30.4 Å². The first-order chi connectivity index (χ1) is 23.6. The molecule has 4 aromatic carbocycles. The predicted molar refractivity (Wildman–Crippen MR) is 198 cm³/mol. The van der Waals surface area contributed by atoms with E-state index in [1.54, 1.807) is 0 Å². The van der Waals surface area contributed by atoms with Gasteiger partial charge in [-0.15, -0.1) is 0 Å². The highest BCUT2D eigenvalue weighted by molar-refractivity contribution is 6.27. The fraction of sp³-hybridized carbons (Fsp3) is 0.571. The molecule has 0 spiro atoms. The fourth-order valence-corrected chi connectivity index (χ4v) is 8.91. The van der Waals surface area contributed by atoms with E-state index in [4.69, 9.17) is 30.4 Å². The van der Waals surface area contributed by atoms with Crippen molar-refractivity contribution in [2.24, 2.45) is 0 Å². The molecule has 4 aliphatic rings. The largest absolute Gasteiger partial charge is 0.487 e. The third-order valence-electron chi connectivity index (χ3n) is 11.6. The lowest BCUT2D eigenvalue weighted by molar-refractivity contribution is 0.123. The van der Waals surface area contributed by atoms with Gasteiger partial charge >= 0.3 is 0 Å². The number of nitrogens with two attached hydrogens (primary N) is 2. The summed E-state index contributed by atoms with van der Waals surface area (Å²) in [6, 6.07) is 13.1. The van der Waals surface area contributed by atoms with Gasteiger partial charge in [0, 0.05) is 0 Å². The Morgan fingerprint density at radius 1 is 0.312 bits per heavy atom. The molecule has 4 N–H and O–H groups in total. The maximum Gasteiger partial charge on any atom is 0.162 e. The van der Waals surface area contributed by atoms with Crippen molar-refractivity contribution < 1.29 is 18.9 Å². The Hall–Kier alpha value is -3.54. The standard InChI is InChI=1S/C42H54N2O4/c43-37-21-31-32(22-38(37)44)34-24-40(46-28-15-7-2-8-16-28)42(48-30-19-11-4-12-20-30)26-36(34)35-25-41(47-29-17-9-3-10-18-29)39(23-33(31)35)45-27-13-5-1-6-14-27/h21-30H,1-20,43-44H2. The van der Waals surface area contributed by atoms with E-state index in [-0.39, 0.29) is 24.4 Å². The smallest absolute Gasteiger partial charge is 0.162 e. The molecule has 4 aliphatic carbocycles. The van der Waals surface area contributed by atoms with Crippen LogP contribution in [-0.4, -0.2) is 24.4 Å². The van der Waals surface area contributed by atoms with Crippen molar-refractivity contribution in [2.75, 3.05) is 11.5 Å². The molecule has 0 amide bonds. The summed E-state index contributed by atoms with van der Waals surface area (Å²) < 4.78 is 27.5. The van der Waals surface area contributed by atoms with Crippen LogP contribution in [0.25, 0.3) is 32.3 Å². The molecule has 6 nitrogen and oxygen atoms in total. The molecule has 0 heterocycles. The minimum atomic E-state index is 0.215. The molecule has 8 rings (SSSR count). The van der Waals surface area contributed by atoms with E-state index in [1.165, 1.54) is 77.0 Å². The van der Waals surface area contributed by atoms with Crippen LogP contribution in [0.4, 0.5) is 11.4 Å². The molecule has 0 radical (unpaired) electrons. The Bertz CT molecular complexity index is 1620. The second kappa shape index (κ2) is 14.1. The zero-order chi connectivity index (χ0) is 32.5. The fourth-order valence-electron chi connectivity index (χ4n) is 8.91. The monoisotopic (exact) mass is 650 g/mol. The van der Waals surface area contributed by atoms with Crippen LogP contribution in [0.5, 0.6) is 23.0 Å². The summed E-state index contributed by atoms with van der Waals surface area (Å²) in [6.45, 7) is 0. The summed E-state index contributed by atoms with van der Waals surface area (Å²) in [4.78, 5) is 0. The number of nitrogen functional groups attached to an aromatic ring is 2. The van der Waals surface area contributed by atoms with Gasteiger partial charge in [-0.05, 0) is 171 Å². The lowest BCUT2D eigenvalue weighted by atomic mass is 9.92. The zero-order valence-corrected chi connectivity index (χ0v) is 28.7. The summed E-state index contributed by atoms with van der Waals surface area (Å²) in [5.41, 5.74) is 14.2. The maximum absolute atomic E-state index is 6.89. The Kier molecular flexibility index (Phi) is 9.34. The van der Waals surface area contributed by atoms with Gasteiger partial charge in [0.05, 0.1) is 35.8 Å². The van der Waals surface area contributed by atoms with E-state index in [0.717, 1.165) is 107 Å². The number of ether oxygens (including phenoxy) is 4. The highest BCUT2D eigenvalue weighted by Gasteiger charge is 2.26. The van der Waals surface area contributed by atoms with E-state index in [0.29, 0.717) is 11.4 Å². The van der Waals surface area contributed by atoms with Crippen LogP contribution in [-0.2, 0) is 0 Å². The molecule has 4 fully saturated rings. The van der Waals surface area contributed by atoms with Gasteiger partial charge in [-0.2, -0.15) is 0 Å². The first-order valence-corrected chi connectivity index (χ1v) is 19.3. The van der Waals surface area contributed by atoms with Crippen molar-refractivity contribution in [1.29, 1.82) is 0 Å². The van der Waals surface area contributed by atoms with Crippen LogP contribution in [0.3, 0.4) is 0 Å². The lowest BCUT2D eigenvalue weighted by Gasteiger charge is -2.29. The van der Waals surface area contributed by atoms with Crippen molar-refractivity contribution >= 4 is 43.7 Å². The van der Waals surface area contributed by atoms with E-state index in [9.17, 15) is 0 Å². The number of benzene rings is 4. The third-order valence-corrected chi connectivity index (χ3v) is 11.6. The average molecular weight is 651 g/mol. The Morgan fingerprint density at radius 3 is 0.750 bits per heavy atom. The number of hydrogen-bond acceptors (Lipinski definition) is 6. The van der Waals surface area contributed by atoms with E-state index >= 15 is 0 Å². The van der Waals surface area contributed by atoms with Crippen molar-refractivity contribution in [3.63, 3.8) is 0 Å². The molecule has 48 heavy (non-hydrogen) atoms. The second-order valence-corrected chi connectivity index (χ2v) is 15.2. The molecule has 6 heteroatoms. The molecule has 0 aromatic heterocycles. The van der Waals surface area contributed by atoms with Crippen LogP contribution in [0.1, 0.15) is 128 Å². The minimum absolute atomic E-state index is 0.215. The maximum atomic E-state index is 6.89. The normalized spacial score (nSPS) is 20.8. The van der Waals surface area contributed by atoms with E-state index in [1.807, 2.05) is 12.1 Å². The molecular formula is C42H54N2O4. The molecule has 4 saturated carbocycles. The van der Waals surface area contributed by atoms with Crippen LogP contribution in [0.2, 0.25) is 0 Å². The molecule has 0 bridgehead atoms. The minimum Gasteiger partial charge on any atom is -0.487 e. The van der Waals surface area contributed by atoms with Crippen LogP contribution in [0.15, 0.2) is 36.4 Å². The first kappa shape index (κ1) is 31.7. The number of anilines is 2. The predicted octanol–water partition coefficient (Wildman–Crippen LogP) is 11.2. The highest BCUT2D eigenvalue weighted by atomic mass is 16.5. The quantitative estimate of drug-likeness (QED) is 0.146. The zero-order valence-electron chi connectivity index (χ0n) is 28.7. The highest BCUT2D eigenvalue weighted by Crippen LogP contribution is 2.47. The van der Waals surface area contributed by atoms with E-state index in [2.05, 4.69) is 24.3 Å². The van der Waals surface area contributed by atoms with Gasteiger partial charge in [0.1, 0.15) is 0 Å². The lowest BCUT2D eigenvalue weighted by Crippen LogP contribution is -2.22. The molecule has 0 atom stereocenters. The summed E-state index contributed by atoms with van der Waals surface area (Å²) in [6.07, 6.45) is 24.5. The van der Waals surface area contributed by atoms with Crippen molar-refractivity contribution in [3.8, 4) is 23.0 Å². The molecule has 0 aliphatic heterocycles. The number of hydrogen-bond donors (Lipinski definition) is 2. The van der Waals surface area contributed by atoms with Gasteiger partial charge in [-0.3, -0.25) is 0 Å². The second-order valence-electron chi connectivity index (χ2n) is 15.2. The van der Waals surface area contributed by atoms with Gasteiger partial charge in [-0.1, -0.05) is 25.7 Å². The summed E-state index contributed by atoms with van der Waals surface area (Å²) >= 11 is 0. The SMILES string of the molecule is Nc1cc2c(cc1N)c1cc(OC3CCCCC3)c(OC3CCCCC3)cc1c1cc(OC3CCCCC3)c(OC3CCCCC3)cc21. The van der Waals surface area contributed by atoms with Crippen LogP contribution in [0, 0.1) is 0 Å². The Balaban J connectivity index is 1.33. The Labute approximate surface area is 285 Å². The van der Waals surface area contributed by atoms with Gasteiger partial charge < -0.3 is 30.4 Å². The van der Waals surface area contributed by atoms with Crippen molar-refractivity contribution in [3.05, 3.63) is 36.4 Å².